The molecule has 0 atom stereocenters. The zero-order valence-electron chi connectivity index (χ0n) is 7.25. The molecule has 0 fully saturated rings. The van der Waals surface area contributed by atoms with Gasteiger partial charge in [0.2, 0.25) is 0 Å². The Kier molecular flexibility index (Phi) is 2.70. The highest BCUT2D eigenvalue weighted by Crippen LogP contribution is 2.32. The molecule has 1 N–H and O–H groups in total. The Morgan fingerprint density at radius 2 is 2.20 bits per heavy atom. The van der Waals surface area contributed by atoms with Crippen LogP contribution in [-0.2, 0) is 12.7 Å². The number of carboxylic acid groups (broad SMARTS) is 1. The number of aromatic carboxylic acids is 1. The SMILES string of the molecule is N#CCn1ccc(C(F)(F)F)c1C(=O)O. The minimum Gasteiger partial charge on any atom is -0.477 e. The predicted molar refractivity (Wildman–Crippen MR) is 42.0 cm³/mol. The molecule has 15 heavy (non-hydrogen) atoms. The molecule has 0 aliphatic rings. The maximum Gasteiger partial charge on any atom is 0.418 e. The smallest absolute Gasteiger partial charge is 0.418 e. The summed E-state index contributed by atoms with van der Waals surface area (Å²) < 4.78 is 37.6. The Hall–Kier alpha value is -1.97. The van der Waals surface area contributed by atoms with Gasteiger partial charge >= 0.3 is 12.1 Å². The third kappa shape index (κ3) is 2.10. The number of rotatable bonds is 2. The van der Waals surface area contributed by atoms with E-state index in [2.05, 4.69) is 0 Å². The average molecular weight is 218 g/mol. The van der Waals surface area contributed by atoms with Gasteiger partial charge in [-0.25, -0.2) is 4.79 Å². The molecule has 1 rings (SSSR count). The van der Waals surface area contributed by atoms with E-state index in [0.29, 0.717) is 6.07 Å². The van der Waals surface area contributed by atoms with Gasteiger partial charge in [0.15, 0.2) is 0 Å². The van der Waals surface area contributed by atoms with E-state index in [1.165, 1.54) is 0 Å². The van der Waals surface area contributed by atoms with Gasteiger partial charge in [-0.15, -0.1) is 0 Å². The van der Waals surface area contributed by atoms with Crippen molar-refractivity contribution < 1.29 is 23.1 Å². The van der Waals surface area contributed by atoms with Crippen molar-refractivity contribution in [2.75, 3.05) is 0 Å². The number of hydrogen-bond donors (Lipinski definition) is 1. The molecule has 0 unspecified atom stereocenters. The van der Waals surface area contributed by atoms with Crippen LogP contribution in [0.5, 0.6) is 0 Å². The number of halogens is 3. The third-order valence-corrected chi connectivity index (χ3v) is 1.71. The molecule has 0 aliphatic heterocycles. The van der Waals surface area contributed by atoms with Crippen molar-refractivity contribution in [3.63, 3.8) is 0 Å². The molecule has 0 spiro atoms. The summed E-state index contributed by atoms with van der Waals surface area (Å²) in [4.78, 5) is 10.6. The lowest BCUT2D eigenvalue weighted by Crippen LogP contribution is -2.15. The van der Waals surface area contributed by atoms with Crippen LogP contribution >= 0.6 is 0 Å². The fraction of sp³-hybridized carbons (Fsp3) is 0.250. The molecule has 4 nitrogen and oxygen atoms in total. The molecule has 0 aromatic carbocycles. The highest BCUT2D eigenvalue weighted by Gasteiger charge is 2.37. The first-order chi connectivity index (χ1) is 6.88. The first kappa shape index (κ1) is 11.1. The summed E-state index contributed by atoms with van der Waals surface area (Å²) in [5, 5.41) is 16.9. The summed E-state index contributed by atoms with van der Waals surface area (Å²) in [6.07, 6.45) is -3.80. The highest BCUT2D eigenvalue weighted by molar-refractivity contribution is 5.88. The maximum absolute atomic E-state index is 12.3. The third-order valence-electron chi connectivity index (χ3n) is 1.71. The summed E-state index contributed by atoms with van der Waals surface area (Å²) >= 11 is 0. The number of hydrogen-bond acceptors (Lipinski definition) is 2. The van der Waals surface area contributed by atoms with Crippen LogP contribution in [0.25, 0.3) is 0 Å². The first-order valence-electron chi connectivity index (χ1n) is 3.74. The van der Waals surface area contributed by atoms with Crippen LogP contribution in [0.15, 0.2) is 12.3 Å². The molecule has 0 bridgehead atoms. The largest absolute Gasteiger partial charge is 0.477 e. The highest BCUT2D eigenvalue weighted by atomic mass is 19.4. The number of carboxylic acids is 1. The maximum atomic E-state index is 12.3. The van der Waals surface area contributed by atoms with Crippen molar-refractivity contribution in [3.05, 3.63) is 23.5 Å². The van der Waals surface area contributed by atoms with Crippen LogP contribution in [0, 0.1) is 11.3 Å². The monoisotopic (exact) mass is 218 g/mol. The zero-order chi connectivity index (χ0) is 11.6. The van der Waals surface area contributed by atoms with Crippen molar-refractivity contribution in [2.24, 2.45) is 0 Å². The van der Waals surface area contributed by atoms with E-state index in [-0.39, 0.29) is 0 Å². The van der Waals surface area contributed by atoms with E-state index in [0.717, 1.165) is 10.8 Å². The number of nitriles is 1. The van der Waals surface area contributed by atoms with Crippen LogP contribution in [0.1, 0.15) is 16.1 Å². The van der Waals surface area contributed by atoms with Gasteiger partial charge in [0, 0.05) is 6.20 Å². The van der Waals surface area contributed by atoms with E-state index < -0.39 is 29.9 Å². The lowest BCUT2D eigenvalue weighted by Gasteiger charge is -2.07. The molecule has 7 heteroatoms. The molecular formula is C8H5F3N2O2. The minimum absolute atomic E-state index is 0.433. The molecule has 0 radical (unpaired) electrons. The minimum atomic E-state index is -4.73. The molecule has 80 valence electrons. The second kappa shape index (κ2) is 3.65. The van der Waals surface area contributed by atoms with E-state index in [1.807, 2.05) is 0 Å². The number of carbonyl (C=O) groups is 1. The second-order valence-corrected chi connectivity index (χ2v) is 2.67. The molecule has 1 heterocycles. The van der Waals surface area contributed by atoms with Crippen molar-refractivity contribution >= 4 is 5.97 Å². The molecule has 1 aromatic rings. The van der Waals surface area contributed by atoms with Crippen LogP contribution in [-0.4, -0.2) is 15.6 Å². The van der Waals surface area contributed by atoms with Gasteiger partial charge in [-0.1, -0.05) is 0 Å². The summed E-state index contributed by atoms with van der Waals surface area (Å²) in [7, 11) is 0. The lowest BCUT2D eigenvalue weighted by molar-refractivity contribution is -0.138. The van der Waals surface area contributed by atoms with Crippen LogP contribution in [0.3, 0.4) is 0 Å². The number of aromatic nitrogens is 1. The Labute approximate surface area is 82.2 Å². The topological polar surface area (TPSA) is 66.0 Å². The molecule has 0 saturated heterocycles. The summed E-state index contributed by atoms with van der Waals surface area (Å²) in [6.45, 7) is -0.433. The normalized spacial score (nSPS) is 11.1. The molecule has 0 saturated carbocycles. The zero-order valence-corrected chi connectivity index (χ0v) is 7.25. The molecular weight excluding hydrogens is 213 g/mol. The Bertz CT molecular complexity index is 428. The summed E-state index contributed by atoms with van der Waals surface area (Å²) in [6, 6.07) is 2.22. The fourth-order valence-electron chi connectivity index (χ4n) is 1.15. The molecule has 0 aliphatic carbocycles. The Balaban J connectivity index is 3.32. The summed E-state index contributed by atoms with van der Waals surface area (Å²) in [5.41, 5.74) is -2.16. The van der Waals surface area contributed by atoms with E-state index >= 15 is 0 Å². The fourth-order valence-corrected chi connectivity index (χ4v) is 1.15. The van der Waals surface area contributed by atoms with Gasteiger partial charge in [-0.2, -0.15) is 18.4 Å². The molecule has 1 aromatic heterocycles. The lowest BCUT2D eigenvalue weighted by atomic mass is 10.2. The van der Waals surface area contributed by atoms with E-state index in [9.17, 15) is 18.0 Å². The van der Waals surface area contributed by atoms with Gasteiger partial charge in [0.25, 0.3) is 0 Å². The first-order valence-corrected chi connectivity index (χ1v) is 3.74. The van der Waals surface area contributed by atoms with Crippen molar-refractivity contribution in [3.8, 4) is 6.07 Å². The van der Waals surface area contributed by atoms with Gasteiger partial charge < -0.3 is 9.67 Å². The van der Waals surface area contributed by atoms with Crippen molar-refractivity contribution in [2.45, 2.75) is 12.7 Å². The van der Waals surface area contributed by atoms with Crippen LogP contribution in [0.2, 0.25) is 0 Å². The van der Waals surface area contributed by atoms with Gasteiger partial charge in [0.05, 0.1) is 11.6 Å². The van der Waals surface area contributed by atoms with Crippen LogP contribution < -0.4 is 0 Å². The van der Waals surface area contributed by atoms with E-state index in [4.69, 9.17) is 10.4 Å². The second-order valence-electron chi connectivity index (χ2n) is 2.67. The van der Waals surface area contributed by atoms with Crippen LogP contribution in [0.4, 0.5) is 13.2 Å². The average Bonchev–Trinajstić information content (AvgIpc) is 2.47. The Morgan fingerprint density at radius 1 is 1.60 bits per heavy atom. The van der Waals surface area contributed by atoms with E-state index in [1.54, 1.807) is 6.07 Å². The Morgan fingerprint density at radius 3 is 2.60 bits per heavy atom. The van der Waals surface area contributed by atoms with Crippen molar-refractivity contribution in [1.82, 2.24) is 4.57 Å². The van der Waals surface area contributed by atoms with Crippen molar-refractivity contribution in [1.29, 1.82) is 5.26 Å². The number of alkyl halides is 3. The van der Waals surface area contributed by atoms with Gasteiger partial charge in [-0.3, -0.25) is 0 Å². The summed E-state index contributed by atoms with van der Waals surface area (Å²) in [5.74, 6) is -1.71. The van der Waals surface area contributed by atoms with Gasteiger partial charge in [-0.05, 0) is 6.07 Å². The quantitative estimate of drug-likeness (QED) is 0.821. The predicted octanol–water partition coefficient (Wildman–Crippen LogP) is 1.73. The number of nitrogens with zero attached hydrogens (tertiary/aromatic N) is 2. The standard InChI is InChI=1S/C8H5F3N2O2/c9-8(10,11)5-1-3-13(4-2-12)6(5)7(14)15/h1,3H,4H2,(H,14,15). The van der Waals surface area contributed by atoms with Gasteiger partial charge in [0.1, 0.15) is 12.2 Å². The molecule has 0 amide bonds.